The lowest BCUT2D eigenvalue weighted by atomic mass is 10.5. The molecule has 0 aromatic carbocycles. The van der Waals surface area contributed by atoms with Crippen molar-refractivity contribution in [3.05, 3.63) is 0 Å². The third-order valence-corrected chi connectivity index (χ3v) is 46.1. The molecule has 0 aromatic rings. The third kappa shape index (κ3) is 21.2. The van der Waals surface area contributed by atoms with Crippen LogP contribution in [0.5, 0.6) is 0 Å². The first kappa shape index (κ1) is 59.1. The van der Waals surface area contributed by atoms with Gasteiger partial charge in [-0.25, -0.2) is 0 Å². The molecule has 56 heavy (non-hydrogen) atoms. The van der Waals surface area contributed by atoms with Crippen LogP contribution in [0, 0.1) is 0 Å². The Labute approximate surface area is 358 Å². The summed E-state index contributed by atoms with van der Waals surface area (Å²) in [5.74, 6) is 0. The molecule has 0 rings (SSSR count). The van der Waals surface area contributed by atoms with Gasteiger partial charge in [0.25, 0.3) is 0 Å². The molecule has 0 bridgehead atoms. The molecule has 8 N–H and O–H groups in total. The van der Waals surface area contributed by atoms with Crippen LogP contribution in [0.4, 0.5) is 0 Å². The highest BCUT2D eigenvalue weighted by molar-refractivity contribution is 6.91. The summed E-state index contributed by atoms with van der Waals surface area (Å²) in [5.41, 5.74) is 23.6. The molecule has 0 saturated heterocycles. The van der Waals surface area contributed by atoms with Crippen molar-refractivity contribution in [3.63, 3.8) is 0 Å². The van der Waals surface area contributed by atoms with Gasteiger partial charge in [0.05, 0.1) is 0 Å². The summed E-state index contributed by atoms with van der Waals surface area (Å²) < 4.78 is 29.6. The van der Waals surface area contributed by atoms with Crippen molar-refractivity contribution < 1.29 is 16.5 Å². The average molecular weight is 898 g/mol. The van der Waals surface area contributed by atoms with E-state index in [1.807, 2.05) is 0 Å². The Morgan fingerprint density at radius 2 is 0.500 bits per heavy atom. The van der Waals surface area contributed by atoms with Gasteiger partial charge in [-0.1, -0.05) is 122 Å². The molecule has 0 fully saturated rings. The van der Waals surface area contributed by atoms with E-state index in [4.69, 9.17) is 39.4 Å². The topological polar surface area (TPSA) is 141 Å². The van der Waals surface area contributed by atoms with Crippen LogP contribution in [0.15, 0.2) is 0 Å². The molecule has 14 heteroatoms. The van der Waals surface area contributed by atoms with Crippen molar-refractivity contribution in [1.82, 2.24) is 0 Å². The lowest BCUT2D eigenvalue weighted by Crippen LogP contribution is -2.59. The molecule has 0 unspecified atom stereocenters. The Hall–Kier alpha value is 0.981. The third-order valence-electron chi connectivity index (χ3n) is 12.7. The molecule has 0 aliphatic rings. The summed E-state index contributed by atoms with van der Waals surface area (Å²) >= 11 is 0. The van der Waals surface area contributed by atoms with E-state index < -0.39 is 50.4 Å². The minimum absolute atomic E-state index is 0.769. The molecule has 0 saturated carbocycles. The van der Waals surface area contributed by atoms with Gasteiger partial charge in [0.1, 0.15) is 0 Å². The van der Waals surface area contributed by atoms with Crippen molar-refractivity contribution in [2.75, 3.05) is 26.2 Å². The van der Waals surface area contributed by atoms with E-state index in [1.54, 1.807) is 0 Å². The Balaban J connectivity index is 0. The van der Waals surface area contributed by atoms with Gasteiger partial charge in [-0.2, -0.15) is 0 Å². The monoisotopic (exact) mass is 897 g/mol. The smallest absolute Gasteiger partial charge is 0.317 e. The summed E-state index contributed by atoms with van der Waals surface area (Å²) in [5, 5.41) is 0. The fourth-order valence-corrected chi connectivity index (χ4v) is 45.9. The second-order valence-electron chi connectivity index (χ2n) is 17.2. The second-order valence-corrected chi connectivity index (χ2v) is 42.8. The van der Waals surface area contributed by atoms with Gasteiger partial charge in [-0.3, -0.25) is 0 Å². The minimum Gasteiger partial charge on any atom is -0.436 e. The normalized spacial score (nSPS) is 13.3. The van der Waals surface area contributed by atoms with E-state index in [2.05, 4.69) is 83.1 Å². The van der Waals surface area contributed by atoms with Crippen molar-refractivity contribution in [1.29, 1.82) is 0 Å². The van der Waals surface area contributed by atoms with Crippen molar-refractivity contribution >= 4 is 50.4 Å². The quantitative estimate of drug-likeness (QED) is 0.0449. The van der Waals surface area contributed by atoms with Crippen molar-refractivity contribution in [3.8, 4) is 0 Å². The first-order valence-electron chi connectivity index (χ1n) is 24.4. The molecule has 0 aliphatic heterocycles. The molecule has 8 nitrogen and oxygen atoms in total. The van der Waals surface area contributed by atoms with Crippen LogP contribution in [-0.2, 0) is 16.5 Å². The molecule has 0 atom stereocenters. The summed E-state index contributed by atoms with van der Waals surface area (Å²) in [6.07, 6.45) is 11.6. The summed E-state index contributed by atoms with van der Waals surface area (Å²) in [7, 11) is -11.6. The van der Waals surface area contributed by atoms with E-state index in [9.17, 15) is 0 Å². The number of hydrogen-bond donors (Lipinski definition) is 4. The highest BCUT2D eigenvalue weighted by atomic mass is 28.5. The van der Waals surface area contributed by atoms with Crippen LogP contribution in [0.2, 0.25) is 96.7 Å². The Morgan fingerprint density at radius 3 is 0.696 bits per heavy atom. The first-order valence-corrected chi connectivity index (χ1v) is 39.0. The van der Waals surface area contributed by atoms with E-state index in [0.29, 0.717) is 0 Å². The highest BCUT2D eigenvalue weighted by Gasteiger charge is 2.50. The molecule has 0 aromatic heterocycles. The van der Waals surface area contributed by atoms with Crippen LogP contribution < -0.4 is 22.9 Å². The summed E-state index contributed by atoms with van der Waals surface area (Å²) in [6, 6.07) is 19.1. The zero-order valence-corrected chi connectivity index (χ0v) is 46.2. The number of hydrogen-bond acceptors (Lipinski definition) is 8. The van der Waals surface area contributed by atoms with Crippen molar-refractivity contribution in [2.45, 2.75) is 244 Å². The SMILES string of the molecule is CCC[Si](CCC)(CCCN)O[Si](CCC)(CCC)O[Si](CCC)(CCC)CCCN.CC[Si](CC)(CCCN)O[Si](CC)(CC)O[Si](CC)(CC)CCCN. The molecule has 340 valence electrons. The Kier molecular flexibility index (Phi) is 35.4. The molecule has 0 spiro atoms. The standard InChI is InChI=1S/C24H58N2O2Si3.C18H46N2O2Si3/c1-7-17-29(18-8-2,23-13-15-25)27-31(21-11-5,22-12-6)28-30(19-9-3,20-10-4)24-14-16-26;1-7-23(8-2,17-13-15-19)21-25(11-5,12-6)22-24(9-3,10-4)18-14-16-20/h7-26H2,1-6H3;7-20H2,1-6H3. The molecule has 0 amide bonds. The maximum atomic E-state index is 7.62. The molecular formula is C42H104N4O4Si6. The predicted octanol–water partition coefficient (Wildman–Crippen LogP) is 12.7. The zero-order valence-electron chi connectivity index (χ0n) is 40.2. The Morgan fingerprint density at radius 1 is 0.268 bits per heavy atom. The van der Waals surface area contributed by atoms with E-state index in [1.165, 1.54) is 111 Å². The molecular weight excluding hydrogens is 793 g/mol. The summed E-state index contributed by atoms with van der Waals surface area (Å²) in [4.78, 5) is 0. The van der Waals surface area contributed by atoms with Crippen LogP contribution in [0.1, 0.15) is 147 Å². The van der Waals surface area contributed by atoms with Gasteiger partial charge in [-0.15, -0.1) is 0 Å². The van der Waals surface area contributed by atoms with Gasteiger partial charge in [0.15, 0.2) is 33.3 Å². The number of rotatable bonds is 38. The van der Waals surface area contributed by atoms with Crippen LogP contribution in [-0.4, -0.2) is 76.6 Å². The van der Waals surface area contributed by atoms with Gasteiger partial charge < -0.3 is 39.4 Å². The largest absolute Gasteiger partial charge is 0.436 e. The highest BCUT2D eigenvalue weighted by Crippen LogP contribution is 2.41. The lowest BCUT2D eigenvalue weighted by molar-refractivity contribution is 0.348. The Bertz CT molecular complexity index is 823. The minimum atomic E-state index is -2.27. The number of nitrogens with two attached hydrogens (primary N) is 4. The van der Waals surface area contributed by atoms with E-state index in [0.717, 1.165) is 76.0 Å². The van der Waals surface area contributed by atoms with Gasteiger partial charge >= 0.3 is 17.1 Å². The van der Waals surface area contributed by atoms with Gasteiger partial charge in [0.2, 0.25) is 0 Å². The maximum absolute atomic E-state index is 7.62. The maximum Gasteiger partial charge on any atom is 0.317 e. The van der Waals surface area contributed by atoms with Crippen LogP contribution >= 0.6 is 0 Å². The van der Waals surface area contributed by atoms with Gasteiger partial charge in [-0.05, 0) is 149 Å². The summed E-state index contributed by atoms with van der Waals surface area (Å²) in [6.45, 7) is 30.9. The van der Waals surface area contributed by atoms with Crippen LogP contribution in [0.3, 0.4) is 0 Å². The second kappa shape index (κ2) is 33.6. The van der Waals surface area contributed by atoms with E-state index in [-0.39, 0.29) is 0 Å². The average Bonchev–Trinajstić information content (AvgIpc) is 3.20. The van der Waals surface area contributed by atoms with Gasteiger partial charge in [0, 0.05) is 0 Å². The molecule has 0 heterocycles. The zero-order chi connectivity index (χ0) is 43.0. The molecule has 0 aliphatic carbocycles. The molecule has 0 radical (unpaired) electrons. The fourth-order valence-electron chi connectivity index (χ4n) is 9.42. The lowest BCUT2D eigenvalue weighted by Gasteiger charge is -2.47. The van der Waals surface area contributed by atoms with Crippen LogP contribution in [0.25, 0.3) is 0 Å². The fraction of sp³-hybridized carbons (Fsp3) is 1.00. The van der Waals surface area contributed by atoms with E-state index >= 15 is 0 Å². The first-order chi connectivity index (χ1) is 26.8. The van der Waals surface area contributed by atoms with Crippen molar-refractivity contribution in [2.24, 2.45) is 22.9 Å². The predicted molar refractivity (Wildman–Crippen MR) is 266 cm³/mol.